The van der Waals surface area contributed by atoms with Gasteiger partial charge < -0.3 is 15.4 Å². The van der Waals surface area contributed by atoms with Crippen molar-refractivity contribution in [3.8, 4) is 22.7 Å². The van der Waals surface area contributed by atoms with Crippen LogP contribution in [0.4, 0.5) is 24.5 Å². The van der Waals surface area contributed by atoms with E-state index < -0.39 is 18.1 Å². The van der Waals surface area contributed by atoms with Crippen LogP contribution in [0.2, 0.25) is 0 Å². The molecule has 0 saturated carbocycles. The van der Waals surface area contributed by atoms with Gasteiger partial charge in [0, 0.05) is 23.1 Å². The normalized spacial score (nSPS) is 12.1. The van der Waals surface area contributed by atoms with Crippen LogP contribution in [0.1, 0.15) is 32.3 Å². The minimum Gasteiger partial charge on any atom is -0.406 e. The zero-order valence-corrected chi connectivity index (χ0v) is 23.3. The number of nitrogens with one attached hydrogen (secondary N) is 2. The van der Waals surface area contributed by atoms with E-state index in [1.54, 1.807) is 36.5 Å². The summed E-state index contributed by atoms with van der Waals surface area (Å²) in [5.41, 5.74) is 4.02. The van der Waals surface area contributed by atoms with Crippen LogP contribution in [-0.2, 0) is 9.59 Å². The van der Waals surface area contributed by atoms with E-state index in [0.29, 0.717) is 17.1 Å². The number of halogens is 3. The summed E-state index contributed by atoms with van der Waals surface area (Å²) >= 11 is 4.44. The second kappa shape index (κ2) is 12.3. The van der Waals surface area contributed by atoms with E-state index in [0.717, 1.165) is 16.8 Å². The van der Waals surface area contributed by atoms with Crippen molar-refractivity contribution >= 4 is 35.7 Å². The van der Waals surface area contributed by atoms with E-state index in [-0.39, 0.29) is 22.3 Å². The van der Waals surface area contributed by atoms with Crippen molar-refractivity contribution < 1.29 is 27.5 Å². The quantitative estimate of drug-likeness (QED) is 0.0835. The summed E-state index contributed by atoms with van der Waals surface area (Å²) in [5, 5.41) is 10.4. The molecule has 0 atom stereocenters. The molecule has 212 valence electrons. The molecular formula is C30H27F3N4O3S. The molecule has 0 saturated heterocycles. The lowest BCUT2D eigenvalue weighted by molar-refractivity contribution is -0.274. The Hall–Kier alpha value is -4.51. The number of alkyl halides is 3. The highest BCUT2D eigenvalue weighted by Gasteiger charge is 2.31. The Balaban J connectivity index is 1.47. The molecule has 41 heavy (non-hydrogen) atoms. The number of hydrogen-bond acceptors (Lipinski definition) is 6. The lowest BCUT2D eigenvalue weighted by Gasteiger charge is -2.16. The van der Waals surface area contributed by atoms with E-state index in [9.17, 15) is 22.8 Å². The van der Waals surface area contributed by atoms with Crippen LogP contribution in [0.15, 0.2) is 95.7 Å². The van der Waals surface area contributed by atoms with Crippen LogP contribution in [0.3, 0.4) is 0 Å². The van der Waals surface area contributed by atoms with Gasteiger partial charge in [-0.1, -0.05) is 44.2 Å². The van der Waals surface area contributed by atoms with Crippen molar-refractivity contribution in [2.75, 3.05) is 10.6 Å². The molecule has 0 bridgehead atoms. The Morgan fingerprint density at radius 1 is 0.927 bits per heavy atom. The standard InChI is InChI=1S/C30H27F3N4O3S/c1-18(2)24-6-4-5-7-26(24)35-29(41)27(19(3)38)28(39)34-21-10-8-20(9-11-21)25-16-17-37(36-25)22-12-14-23(15-13-22)40-30(31,32)33/h4-18,35,41H,1-3H3,(H,34,39)/b29-27-. The number of nitrogens with zero attached hydrogens (tertiary/aromatic N) is 2. The van der Waals surface area contributed by atoms with Gasteiger partial charge in [-0.2, -0.15) is 5.10 Å². The minimum absolute atomic E-state index is 0.110. The van der Waals surface area contributed by atoms with Gasteiger partial charge in [-0.05, 0) is 66.9 Å². The number of ether oxygens (including phenoxy) is 1. The molecule has 0 fully saturated rings. The maximum atomic E-state index is 13.1. The average molecular weight is 581 g/mol. The predicted octanol–water partition coefficient (Wildman–Crippen LogP) is 7.34. The predicted molar refractivity (Wildman–Crippen MR) is 155 cm³/mol. The lowest BCUT2D eigenvalue weighted by atomic mass is 10.0. The summed E-state index contributed by atoms with van der Waals surface area (Å²) in [6.07, 6.45) is -3.09. The van der Waals surface area contributed by atoms with Gasteiger partial charge in [0.15, 0.2) is 5.78 Å². The third-order valence-corrected chi connectivity index (χ3v) is 6.35. The fourth-order valence-corrected chi connectivity index (χ4v) is 4.46. The first-order valence-electron chi connectivity index (χ1n) is 12.5. The number of para-hydroxylation sites is 1. The van der Waals surface area contributed by atoms with Gasteiger partial charge in [0.2, 0.25) is 0 Å². The molecule has 0 aliphatic heterocycles. The van der Waals surface area contributed by atoms with Crippen molar-refractivity contribution in [1.82, 2.24) is 9.78 Å². The molecule has 1 heterocycles. The largest absolute Gasteiger partial charge is 0.573 e. The average Bonchev–Trinajstić information content (AvgIpc) is 3.39. The number of carbonyl (C=O) groups is 2. The van der Waals surface area contributed by atoms with Gasteiger partial charge in [-0.15, -0.1) is 25.8 Å². The number of hydrogen-bond donors (Lipinski definition) is 3. The number of ketones is 1. The highest BCUT2D eigenvalue weighted by atomic mass is 32.1. The van der Waals surface area contributed by atoms with Gasteiger partial charge in [0.25, 0.3) is 5.91 Å². The maximum absolute atomic E-state index is 13.1. The number of thiol groups is 1. The third-order valence-electron chi connectivity index (χ3n) is 6.01. The molecule has 0 radical (unpaired) electrons. The highest BCUT2D eigenvalue weighted by molar-refractivity contribution is 7.84. The zero-order chi connectivity index (χ0) is 29.7. The number of carbonyl (C=O) groups excluding carboxylic acids is 2. The summed E-state index contributed by atoms with van der Waals surface area (Å²) in [4.78, 5) is 25.4. The van der Waals surface area contributed by atoms with E-state index >= 15 is 0 Å². The molecule has 4 rings (SSSR count). The van der Waals surface area contributed by atoms with Crippen LogP contribution in [-0.4, -0.2) is 27.8 Å². The van der Waals surface area contributed by atoms with Gasteiger partial charge in [0.05, 0.1) is 16.4 Å². The summed E-state index contributed by atoms with van der Waals surface area (Å²) in [6, 6.07) is 21.5. The van der Waals surface area contributed by atoms with Crippen molar-refractivity contribution in [3.63, 3.8) is 0 Å². The molecule has 7 nitrogen and oxygen atoms in total. The molecule has 2 N–H and O–H groups in total. The van der Waals surface area contributed by atoms with Crippen LogP contribution in [0, 0.1) is 0 Å². The molecule has 11 heteroatoms. The topological polar surface area (TPSA) is 85.2 Å². The van der Waals surface area contributed by atoms with Gasteiger partial charge in [-0.3, -0.25) is 9.59 Å². The number of aromatic nitrogens is 2. The maximum Gasteiger partial charge on any atom is 0.573 e. The lowest BCUT2D eigenvalue weighted by Crippen LogP contribution is -2.22. The van der Waals surface area contributed by atoms with Crippen LogP contribution in [0.5, 0.6) is 5.75 Å². The fraction of sp³-hybridized carbons (Fsp3) is 0.167. The number of anilines is 2. The SMILES string of the molecule is CC(=O)/C(C(=O)Nc1ccc(-c2ccn(-c3ccc(OC(F)(F)F)cc3)n2)cc1)=C(/S)Nc1ccccc1C(C)C. The fourth-order valence-electron chi connectivity index (χ4n) is 4.08. The molecule has 0 unspecified atom stereocenters. The summed E-state index contributed by atoms with van der Waals surface area (Å²) in [6.45, 7) is 5.39. The number of Topliss-reactive ketones (excluding diaryl/α,β-unsaturated/α-hetero) is 1. The summed E-state index contributed by atoms with van der Waals surface area (Å²) < 4.78 is 42.6. The minimum atomic E-state index is -4.76. The van der Waals surface area contributed by atoms with Crippen LogP contribution >= 0.6 is 12.6 Å². The van der Waals surface area contributed by atoms with E-state index in [1.165, 1.54) is 35.9 Å². The second-order valence-corrected chi connectivity index (χ2v) is 9.81. The second-order valence-electron chi connectivity index (χ2n) is 9.37. The van der Waals surface area contributed by atoms with Crippen molar-refractivity contribution in [2.45, 2.75) is 33.1 Å². The van der Waals surface area contributed by atoms with E-state index in [4.69, 9.17) is 0 Å². The molecule has 3 aromatic carbocycles. The molecule has 0 aliphatic rings. The molecular weight excluding hydrogens is 553 g/mol. The Kier molecular flexibility index (Phi) is 8.87. The van der Waals surface area contributed by atoms with Crippen molar-refractivity contribution in [3.05, 3.63) is 101 Å². The van der Waals surface area contributed by atoms with E-state index in [2.05, 4.69) is 33.1 Å². The zero-order valence-electron chi connectivity index (χ0n) is 22.4. The van der Waals surface area contributed by atoms with Gasteiger partial charge in [-0.25, -0.2) is 4.68 Å². The molecule has 0 aliphatic carbocycles. The Morgan fingerprint density at radius 3 is 2.20 bits per heavy atom. The van der Waals surface area contributed by atoms with Crippen LogP contribution < -0.4 is 15.4 Å². The molecule has 0 spiro atoms. The van der Waals surface area contributed by atoms with Crippen molar-refractivity contribution in [1.29, 1.82) is 0 Å². The first-order chi connectivity index (χ1) is 19.4. The Bertz CT molecular complexity index is 1580. The Labute approximate surface area is 240 Å². The summed E-state index contributed by atoms with van der Waals surface area (Å²) in [7, 11) is 0. The Morgan fingerprint density at radius 2 is 1.59 bits per heavy atom. The molecule has 4 aromatic rings. The first kappa shape index (κ1) is 29.5. The number of benzene rings is 3. The first-order valence-corrected chi connectivity index (χ1v) is 13.0. The summed E-state index contributed by atoms with van der Waals surface area (Å²) in [5.74, 6) is -1.15. The molecule has 1 aromatic heterocycles. The van der Waals surface area contributed by atoms with Crippen LogP contribution in [0.25, 0.3) is 16.9 Å². The number of amides is 1. The van der Waals surface area contributed by atoms with Crippen molar-refractivity contribution in [2.24, 2.45) is 0 Å². The smallest absolute Gasteiger partial charge is 0.406 e. The number of rotatable bonds is 9. The third kappa shape index (κ3) is 7.57. The van der Waals surface area contributed by atoms with Gasteiger partial charge in [0.1, 0.15) is 11.3 Å². The van der Waals surface area contributed by atoms with Gasteiger partial charge >= 0.3 is 6.36 Å². The molecule has 1 amide bonds. The highest BCUT2D eigenvalue weighted by Crippen LogP contribution is 2.28. The van der Waals surface area contributed by atoms with E-state index in [1.807, 2.05) is 38.1 Å². The monoisotopic (exact) mass is 580 g/mol.